The second-order valence-corrected chi connectivity index (χ2v) is 5.71. The van der Waals surface area contributed by atoms with Crippen molar-refractivity contribution in [3.8, 4) is 16.9 Å². The van der Waals surface area contributed by atoms with Gasteiger partial charge in [0, 0.05) is 23.4 Å². The fourth-order valence-corrected chi connectivity index (χ4v) is 2.50. The molecule has 0 saturated carbocycles. The molecule has 0 spiro atoms. The van der Waals surface area contributed by atoms with Crippen molar-refractivity contribution < 1.29 is 14.3 Å². The Morgan fingerprint density at radius 3 is 2.41 bits per heavy atom. The van der Waals surface area contributed by atoms with Crippen LogP contribution in [-0.4, -0.2) is 35.3 Å². The van der Waals surface area contributed by atoms with E-state index in [2.05, 4.69) is 15.2 Å². The summed E-state index contributed by atoms with van der Waals surface area (Å²) in [5, 5.41) is 7.15. The number of rotatable bonds is 6. The number of nitrogens with zero attached hydrogens (tertiary/aromatic N) is 2. The standard InChI is InChI=1S/C21H19N3O3/c1-27-20(26)14-22-19(25)13-12-17-15-24(18-10-6-3-7-11-18)23-21(17)16-8-4-2-5-9-16/h2-13,15H,14H2,1H3,(H,22,25)/b13-12+. The number of para-hydroxylation sites is 1. The summed E-state index contributed by atoms with van der Waals surface area (Å²) in [5.41, 5.74) is 3.42. The minimum Gasteiger partial charge on any atom is -0.468 e. The van der Waals surface area contributed by atoms with Crippen LogP contribution in [-0.2, 0) is 14.3 Å². The third kappa shape index (κ3) is 4.70. The van der Waals surface area contributed by atoms with Crippen LogP contribution in [0.5, 0.6) is 0 Å². The third-order valence-electron chi connectivity index (χ3n) is 3.86. The minimum absolute atomic E-state index is 0.172. The number of hydrogen-bond acceptors (Lipinski definition) is 4. The normalized spacial score (nSPS) is 10.7. The lowest BCUT2D eigenvalue weighted by Crippen LogP contribution is -2.28. The molecule has 1 heterocycles. The maximum atomic E-state index is 11.9. The van der Waals surface area contributed by atoms with E-state index in [0.717, 1.165) is 22.5 Å². The van der Waals surface area contributed by atoms with Crippen LogP contribution in [0.4, 0.5) is 0 Å². The van der Waals surface area contributed by atoms with E-state index in [0.29, 0.717) is 0 Å². The Bertz CT molecular complexity index is 947. The highest BCUT2D eigenvalue weighted by Crippen LogP contribution is 2.24. The van der Waals surface area contributed by atoms with Gasteiger partial charge < -0.3 is 10.1 Å². The topological polar surface area (TPSA) is 73.2 Å². The van der Waals surface area contributed by atoms with Crippen molar-refractivity contribution in [2.75, 3.05) is 13.7 Å². The maximum absolute atomic E-state index is 11.9. The summed E-state index contributed by atoms with van der Waals surface area (Å²) in [7, 11) is 1.27. The molecule has 27 heavy (non-hydrogen) atoms. The Kier molecular flexibility index (Phi) is 5.79. The Morgan fingerprint density at radius 2 is 1.74 bits per heavy atom. The SMILES string of the molecule is COC(=O)CNC(=O)/C=C/c1cn(-c2ccccc2)nc1-c1ccccc1. The molecule has 0 atom stereocenters. The van der Waals surface area contributed by atoms with E-state index < -0.39 is 5.97 Å². The van der Waals surface area contributed by atoms with Gasteiger partial charge >= 0.3 is 5.97 Å². The highest BCUT2D eigenvalue weighted by Gasteiger charge is 2.11. The molecule has 1 N–H and O–H groups in total. The first-order valence-corrected chi connectivity index (χ1v) is 8.40. The van der Waals surface area contributed by atoms with E-state index in [9.17, 15) is 9.59 Å². The molecule has 1 aromatic heterocycles. The number of methoxy groups -OCH3 is 1. The molecular weight excluding hydrogens is 342 g/mol. The van der Waals surface area contributed by atoms with Crippen LogP contribution in [0.2, 0.25) is 0 Å². The molecule has 0 saturated heterocycles. The van der Waals surface area contributed by atoms with Crippen LogP contribution in [0.15, 0.2) is 72.9 Å². The van der Waals surface area contributed by atoms with Crippen molar-refractivity contribution in [3.63, 3.8) is 0 Å². The molecule has 0 aliphatic rings. The van der Waals surface area contributed by atoms with E-state index in [1.807, 2.05) is 66.9 Å². The lowest BCUT2D eigenvalue weighted by Gasteiger charge is -2.00. The smallest absolute Gasteiger partial charge is 0.325 e. The maximum Gasteiger partial charge on any atom is 0.325 e. The molecule has 0 bridgehead atoms. The first-order valence-electron chi connectivity index (χ1n) is 8.40. The van der Waals surface area contributed by atoms with Crippen LogP contribution in [0.25, 0.3) is 23.0 Å². The number of carbonyl (C=O) groups is 2. The zero-order valence-electron chi connectivity index (χ0n) is 14.8. The number of amides is 1. The average Bonchev–Trinajstić information content (AvgIpc) is 3.16. The first-order chi connectivity index (χ1) is 13.2. The quantitative estimate of drug-likeness (QED) is 0.541. The van der Waals surface area contributed by atoms with Gasteiger partial charge in [-0.05, 0) is 18.2 Å². The fourth-order valence-electron chi connectivity index (χ4n) is 2.50. The molecule has 6 nitrogen and oxygen atoms in total. The third-order valence-corrected chi connectivity index (χ3v) is 3.86. The molecule has 0 radical (unpaired) electrons. The van der Waals surface area contributed by atoms with Gasteiger partial charge in [0.25, 0.3) is 0 Å². The number of hydrogen-bond donors (Lipinski definition) is 1. The largest absolute Gasteiger partial charge is 0.468 e. The van der Waals surface area contributed by atoms with Gasteiger partial charge in [-0.25, -0.2) is 4.68 Å². The van der Waals surface area contributed by atoms with Crippen molar-refractivity contribution >= 4 is 18.0 Å². The van der Waals surface area contributed by atoms with Crippen molar-refractivity contribution in [2.24, 2.45) is 0 Å². The van der Waals surface area contributed by atoms with Gasteiger partial charge in [-0.15, -0.1) is 0 Å². The average molecular weight is 361 g/mol. The summed E-state index contributed by atoms with van der Waals surface area (Å²) >= 11 is 0. The summed E-state index contributed by atoms with van der Waals surface area (Å²) in [4.78, 5) is 23.0. The van der Waals surface area contributed by atoms with Crippen molar-refractivity contribution in [1.29, 1.82) is 0 Å². The van der Waals surface area contributed by atoms with Gasteiger partial charge in [-0.2, -0.15) is 5.10 Å². The lowest BCUT2D eigenvalue weighted by atomic mass is 10.1. The summed E-state index contributed by atoms with van der Waals surface area (Å²) in [6.45, 7) is -0.172. The molecule has 2 aromatic carbocycles. The van der Waals surface area contributed by atoms with Crippen LogP contribution in [0.1, 0.15) is 5.56 Å². The monoisotopic (exact) mass is 361 g/mol. The van der Waals surface area contributed by atoms with Crippen LogP contribution in [0.3, 0.4) is 0 Å². The van der Waals surface area contributed by atoms with Crippen LogP contribution < -0.4 is 5.32 Å². The highest BCUT2D eigenvalue weighted by molar-refractivity contribution is 5.94. The highest BCUT2D eigenvalue weighted by atomic mass is 16.5. The zero-order valence-corrected chi connectivity index (χ0v) is 14.8. The Balaban J connectivity index is 1.89. The molecule has 136 valence electrons. The summed E-state index contributed by atoms with van der Waals surface area (Å²) < 4.78 is 6.27. The Hall–Kier alpha value is -3.67. The van der Waals surface area contributed by atoms with E-state index in [-0.39, 0.29) is 12.5 Å². The van der Waals surface area contributed by atoms with E-state index in [1.54, 1.807) is 10.8 Å². The summed E-state index contributed by atoms with van der Waals surface area (Å²) in [5.74, 6) is -0.884. The fraction of sp³-hybridized carbons (Fsp3) is 0.0952. The second kappa shape index (κ2) is 8.62. The zero-order chi connectivity index (χ0) is 19.1. The van der Waals surface area contributed by atoms with Gasteiger partial charge in [-0.3, -0.25) is 9.59 Å². The van der Waals surface area contributed by atoms with Gasteiger partial charge in [0.05, 0.1) is 18.5 Å². The van der Waals surface area contributed by atoms with Crippen molar-refractivity contribution in [3.05, 3.63) is 78.5 Å². The molecule has 0 fully saturated rings. The first kappa shape index (κ1) is 18.1. The molecule has 3 rings (SSSR count). The van der Waals surface area contributed by atoms with Crippen LogP contribution >= 0.6 is 0 Å². The van der Waals surface area contributed by atoms with Crippen molar-refractivity contribution in [2.45, 2.75) is 0 Å². The second-order valence-electron chi connectivity index (χ2n) is 5.71. The summed E-state index contributed by atoms with van der Waals surface area (Å²) in [6.07, 6.45) is 4.92. The van der Waals surface area contributed by atoms with Gasteiger partial charge in [0.15, 0.2) is 0 Å². The minimum atomic E-state index is -0.501. The molecule has 0 unspecified atom stereocenters. The molecule has 0 aliphatic heterocycles. The Morgan fingerprint density at radius 1 is 1.07 bits per heavy atom. The number of ether oxygens (including phenoxy) is 1. The summed E-state index contributed by atoms with van der Waals surface area (Å²) in [6, 6.07) is 19.5. The number of esters is 1. The predicted octanol–water partition coefficient (Wildman–Crippen LogP) is 2.84. The molecular formula is C21H19N3O3. The predicted molar refractivity (Wildman–Crippen MR) is 103 cm³/mol. The Labute approximate surface area is 157 Å². The van der Waals surface area contributed by atoms with Gasteiger partial charge in [0.2, 0.25) is 5.91 Å². The lowest BCUT2D eigenvalue weighted by molar-refractivity contribution is -0.140. The van der Waals surface area contributed by atoms with Crippen molar-refractivity contribution in [1.82, 2.24) is 15.1 Å². The van der Waals surface area contributed by atoms with E-state index in [4.69, 9.17) is 0 Å². The molecule has 1 amide bonds. The number of aromatic nitrogens is 2. The van der Waals surface area contributed by atoms with Crippen LogP contribution in [0, 0.1) is 0 Å². The molecule has 0 aliphatic carbocycles. The van der Waals surface area contributed by atoms with Gasteiger partial charge in [-0.1, -0.05) is 48.5 Å². The number of benzene rings is 2. The molecule has 3 aromatic rings. The van der Waals surface area contributed by atoms with E-state index in [1.165, 1.54) is 13.2 Å². The number of nitrogens with one attached hydrogen (secondary N) is 1. The number of carbonyl (C=O) groups excluding carboxylic acids is 2. The molecule has 6 heteroatoms. The van der Waals surface area contributed by atoms with E-state index >= 15 is 0 Å². The van der Waals surface area contributed by atoms with Gasteiger partial charge in [0.1, 0.15) is 6.54 Å².